The molecule has 0 aliphatic carbocycles. The lowest BCUT2D eigenvalue weighted by atomic mass is 9.87. The van der Waals surface area contributed by atoms with Gasteiger partial charge in [-0.3, -0.25) is 14.4 Å². The van der Waals surface area contributed by atoms with Crippen molar-refractivity contribution in [2.75, 3.05) is 25.5 Å². The first kappa shape index (κ1) is 23.1. The average Bonchev–Trinajstić information content (AvgIpc) is 2.68. The van der Waals surface area contributed by atoms with Crippen LogP contribution in [0.1, 0.15) is 47.8 Å². The molecule has 0 bridgehead atoms. The van der Waals surface area contributed by atoms with E-state index < -0.39 is 0 Å². The minimum Gasteiger partial charge on any atom is -0.343 e. The molecule has 0 unspecified atom stereocenters. The zero-order valence-electron chi connectivity index (χ0n) is 18.6. The average molecular weight is 410 g/mol. The highest BCUT2D eigenvalue weighted by Gasteiger charge is 2.17. The molecule has 0 radical (unpaired) electrons. The van der Waals surface area contributed by atoms with Crippen LogP contribution in [-0.4, -0.2) is 42.8 Å². The maximum absolute atomic E-state index is 12.3. The van der Waals surface area contributed by atoms with Gasteiger partial charge >= 0.3 is 0 Å². The molecule has 0 spiro atoms. The number of rotatable bonds is 6. The Labute approximate surface area is 178 Å². The Bertz CT molecular complexity index is 928. The number of nitrogens with one attached hydrogen (secondary N) is 2. The lowest BCUT2D eigenvalue weighted by molar-refractivity contribution is -0.132. The van der Waals surface area contributed by atoms with E-state index in [4.69, 9.17) is 0 Å². The van der Waals surface area contributed by atoms with Gasteiger partial charge in [-0.2, -0.15) is 0 Å². The van der Waals surface area contributed by atoms with Gasteiger partial charge in [0.1, 0.15) is 0 Å². The monoisotopic (exact) mass is 409 g/mol. The van der Waals surface area contributed by atoms with Gasteiger partial charge in [0.05, 0.1) is 13.1 Å². The van der Waals surface area contributed by atoms with Crippen molar-refractivity contribution in [1.29, 1.82) is 0 Å². The van der Waals surface area contributed by atoms with E-state index in [2.05, 4.69) is 31.4 Å². The molecule has 0 saturated carbocycles. The van der Waals surface area contributed by atoms with E-state index in [1.54, 1.807) is 12.1 Å². The molecule has 2 aromatic rings. The van der Waals surface area contributed by atoms with Crippen LogP contribution in [0.15, 0.2) is 42.5 Å². The zero-order valence-corrected chi connectivity index (χ0v) is 18.6. The second-order valence-electron chi connectivity index (χ2n) is 8.56. The molecular weight excluding hydrogens is 378 g/mol. The molecule has 0 aliphatic rings. The second-order valence-corrected chi connectivity index (χ2v) is 8.56. The summed E-state index contributed by atoms with van der Waals surface area (Å²) in [7, 11) is 1.54. The largest absolute Gasteiger partial charge is 0.343 e. The van der Waals surface area contributed by atoms with Crippen LogP contribution in [0.4, 0.5) is 5.69 Å². The third-order valence-corrected chi connectivity index (χ3v) is 5.10. The van der Waals surface area contributed by atoms with Crippen LogP contribution in [0.3, 0.4) is 0 Å². The van der Waals surface area contributed by atoms with Crippen LogP contribution in [0.25, 0.3) is 0 Å². The number of amides is 3. The Kier molecular flexibility index (Phi) is 7.38. The molecule has 0 fully saturated rings. The molecule has 0 aliphatic heterocycles. The van der Waals surface area contributed by atoms with Crippen molar-refractivity contribution in [1.82, 2.24) is 10.2 Å². The number of aryl methyl sites for hydroxylation is 1. The van der Waals surface area contributed by atoms with E-state index in [0.29, 0.717) is 5.56 Å². The van der Waals surface area contributed by atoms with Gasteiger partial charge in [0.15, 0.2) is 0 Å². The summed E-state index contributed by atoms with van der Waals surface area (Å²) in [6, 6.07) is 13.0. The standard InChI is InChI=1S/C24H31N3O3/c1-16-8-7-9-20(17(16)2)26-21(28)15-27(6)22(29)14-25-23(30)18-10-12-19(13-11-18)24(3,4)5/h7-13H,14-15H2,1-6H3,(H,25,30)(H,26,28). The Morgan fingerprint density at radius 1 is 0.967 bits per heavy atom. The third kappa shape index (κ3) is 6.17. The van der Waals surface area contributed by atoms with Crippen molar-refractivity contribution >= 4 is 23.4 Å². The van der Waals surface area contributed by atoms with Gasteiger partial charge in [-0.25, -0.2) is 0 Å². The highest BCUT2D eigenvalue weighted by atomic mass is 16.2. The SMILES string of the molecule is Cc1cccc(NC(=O)CN(C)C(=O)CNC(=O)c2ccc(C(C)(C)C)cc2)c1C. The van der Waals surface area contributed by atoms with Crippen LogP contribution in [0, 0.1) is 13.8 Å². The fraction of sp³-hybridized carbons (Fsp3) is 0.375. The number of likely N-dealkylation sites (N-methyl/N-ethyl adjacent to an activating group) is 1. The number of hydrogen-bond donors (Lipinski definition) is 2. The molecule has 2 N–H and O–H groups in total. The topological polar surface area (TPSA) is 78.5 Å². The first-order valence-corrected chi connectivity index (χ1v) is 9.98. The summed E-state index contributed by atoms with van der Waals surface area (Å²) >= 11 is 0. The van der Waals surface area contributed by atoms with Gasteiger partial charge < -0.3 is 15.5 Å². The first-order chi connectivity index (χ1) is 14.0. The van der Waals surface area contributed by atoms with Crippen molar-refractivity contribution < 1.29 is 14.4 Å². The summed E-state index contributed by atoms with van der Waals surface area (Å²) < 4.78 is 0. The lowest BCUT2D eigenvalue weighted by Crippen LogP contribution is -2.41. The summed E-state index contributed by atoms with van der Waals surface area (Å²) in [5.74, 6) is -0.952. The molecule has 0 heterocycles. The van der Waals surface area contributed by atoms with Gasteiger partial charge in [-0.15, -0.1) is 0 Å². The highest BCUT2D eigenvalue weighted by Crippen LogP contribution is 2.22. The second kappa shape index (κ2) is 9.57. The highest BCUT2D eigenvalue weighted by molar-refractivity contribution is 5.98. The van der Waals surface area contributed by atoms with E-state index in [1.807, 2.05) is 44.2 Å². The Morgan fingerprint density at radius 2 is 1.60 bits per heavy atom. The van der Waals surface area contributed by atoms with Gasteiger partial charge in [-0.1, -0.05) is 45.0 Å². The minimum absolute atomic E-state index is 0.00520. The van der Waals surface area contributed by atoms with Crippen molar-refractivity contribution in [3.05, 3.63) is 64.7 Å². The normalized spacial score (nSPS) is 11.0. The minimum atomic E-state index is -0.342. The van der Waals surface area contributed by atoms with Crippen molar-refractivity contribution in [3.63, 3.8) is 0 Å². The van der Waals surface area contributed by atoms with E-state index in [0.717, 1.165) is 22.4 Å². The van der Waals surface area contributed by atoms with E-state index in [9.17, 15) is 14.4 Å². The van der Waals surface area contributed by atoms with E-state index in [1.165, 1.54) is 11.9 Å². The third-order valence-electron chi connectivity index (χ3n) is 5.10. The Hall–Kier alpha value is -3.15. The smallest absolute Gasteiger partial charge is 0.251 e. The quantitative estimate of drug-likeness (QED) is 0.767. The number of benzene rings is 2. The van der Waals surface area contributed by atoms with Crippen LogP contribution >= 0.6 is 0 Å². The summed E-state index contributed by atoms with van der Waals surface area (Å²) in [6.07, 6.45) is 0. The Morgan fingerprint density at radius 3 is 2.20 bits per heavy atom. The summed E-state index contributed by atoms with van der Waals surface area (Å²) in [4.78, 5) is 38.2. The van der Waals surface area contributed by atoms with Crippen LogP contribution in [0.2, 0.25) is 0 Å². The van der Waals surface area contributed by atoms with Gasteiger partial charge in [-0.05, 0) is 54.2 Å². The van der Waals surface area contributed by atoms with Crippen LogP contribution < -0.4 is 10.6 Å². The Balaban J connectivity index is 1.85. The van der Waals surface area contributed by atoms with Crippen LogP contribution in [0.5, 0.6) is 0 Å². The fourth-order valence-electron chi connectivity index (χ4n) is 2.89. The molecule has 3 amide bonds. The van der Waals surface area contributed by atoms with E-state index in [-0.39, 0.29) is 36.2 Å². The van der Waals surface area contributed by atoms with Gasteiger partial charge in [0, 0.05) is 18.3 Å². The molecule has 160 valence electrons. The molecule has 2 aromatic carbocycles. The van der Waals surface area contributed by atoms with Crippen molar-refractivity contribution in [2.45, 2.75) is 40.0 Å². The number of anilines is 1. The van der Waals surface area contributed by atoms with Crippen LogP contribution in [-0.2, 0) is 15.0 Å². The van der Waals surface area contributed by atoms with Gasteiger partial charge in [0.25, 0.3) is 5.91 Å². The maximum atomic E-state index is 12.3. The molecule has 2 rings (SSSR count). The zero-order chi connectivity index (χ0) is 22.5. The lowest BCUT2D eigenvalue weighted by Gasteiger charge is -2.19. The maximum Gasteiger partial charge on any atom is 0.251 e. The van der Waals surface area contributed by atoms with Gasteiger partial charge in [0.2, 0.25) is 11.8 Å². The van der Waals surface area contributed by atoms with E-state index >= 15 is 0 Å². The molecule has 0 atom stereocenters. The number of carbonyl (C=O) groups excluding carboxylic acids is 3. The molecule has 30 heavy (non-hydrogen) atoms. The first-order valence-electron chi connectivity index (χ1n) is 9.98. The van der Waals surface area contributed by atoms with Crippen molar-refractivity contribution in [3.8, 4) is 0 Å². The molecular formula is C24H31N3O3. The number of nitrogens with zero attached hydrogens (tertiary/aromatic N) is 1. The summed E-state index contributed by atoms with van der Waals surface area (Å²) in [5, 5.41) is 5.44. The molecule has 6 nitrogen and oxygen atoms in total. The molecule has 0 saturated heterocycles. The number of carbonyl (C=O) groups is 3. The fourth-order valence-corrected chi connectivity index (χ4v) is 2.89. The predicted octanol–water partition coefficient (Wildman–Crippen LogP) is 3.43. The summed E-state index contributed by atoms with van der Waals surface area (Å²) in [6.45, 7) is 9.95. The predicted molar refractivity (Wildman–Crippen MR) is 120 cm³/mol. The summed E-state index contributed by atoms with van der Waals surface area (Å²) in [5.41, 5.74) is 4.43. The van der Waals surface area contributed by atoms with Crippen molar-refractivity contribution in [2.24, 2.45) is 0 Å². The molecule has 0 aromatic heterocycles. The number of hydrogen-bond acceptors (Lipinski definition) is 3. The molecule has 6 heteroatoms.